The molecule has 0 unspecified atom stereocenters. The van der Waals surface area contributed by atoms with E-state index in [0.29, 0.717) is 11.6 Å². The lowest BCUT2D eigenvalue weighted by atomic mass is 10.1. The number of para-hydroxylation sites is 1. The van der Waals surface area contributed by atoms with Crippen molar-refractivity contribution in [3.05, 3.63) is 60.0 Å². The average molecular weight is 277 g/mol. The van der Waals surface area contributed by atoms with Gasteiger partial charge in [-0.15, -0.1) is 5.92 Å². The first kappa shape index (κ1) is 13.1. The molecular weight excluding hydrogens is 265 g/mol. The average Bonchev–Trinajstić information content (AvgIpc) is 2.50. The molecule has 3 nitrogen and oxygen atoms in total. The summed E-state index contributed by atoms with van der Waals surface area (Å²) in [4.78, 5) is 8.58. The summed E-state index contributed by atoms with van der Waals surface area (Å²) in [5.41, 5.74) is 2.05. The van der Waals surface area contributed by atoms with E-state index < -0.39 is 0 Å². The second-order valence-electron chi connectivity index (χ2n) is 4.45. The summed E-state index contributed by atoms with van der Waals surface area (Å²) in [6.07, 6.45) is 1.70. The number of anilines is 2. The number of rotatable bonds is 2. The van der Waals surface area contributed by atoms with E-state index in [-0.39, 0.29) is 5.82 Å². The molecule has 0 bridgehead atoms. The van der Waals surface area contributed by atoms with E-state index in [0.717, 1.165) is 16.5 Å². The zero-order valence-electron chi connectivity index (χ0n) is 11.4. The van der Waals surface area contributed by atoms with Crippen LogP contribution < -0.4 is 5.32 Å². The van der Waals surface area contributed by atoms with Gasteiger partial charge < -0.3 is 5.32 Å². The van der Waals surface area contributed by atoms with Crippen LogP contribution in [0.25, 0.3) is 10.9 Å². The molecule has 2 aromatic carbocycles. The molecule has 0 fully saturated rings. The smallest absolute Gasteiger partial charge is 0.227 e. The highest BCUT2D eigenvalue weighted by Crippen LogP contribution is 2.19. The summed E-state index contributed by atoms with van der Waals surface area (Å²) in [7, 11) is 0. The molecule has 0 aliphatic heterocycles. The Morgan fingerprint density at radius 1 is 1.14 bits per heavy atom. The van der Waals surface area contributed by atoms with Gasteiger partial charge in [0.25, 0.3) is 0 Å². The van der Waals surface area contributed by atoms with Crippen molar-refractivity contribution >= 4 is 22.5 Å². The van der Waals surface area contributed by atoms with Gasteiger partial charge >= 0.3 is 0 Å². The van der Waals surface area contributed by atoms with Gasteiger partial charge in [-0.25, -0.2) is 14.4 Å². The number of fused-ring (bicyclic) bond motifs is 1. The van der Waals surface area contributed by atoms with Crippen LogP contribution in [0.15, 0.2) is 48.7 Å². The molecule has 3 rings (SSSR count). The van der Waals surface area contributed by atoms with E-state index in [1.165, 1.54) is 6.07 Å². The second kappa shape index (κ2) is 5.59. The summed E-state index contributed by atoms with van der Waals surface area (Å²) in [5.74, 6) is 5.87. The third-order valence-electron chi connectivity index (χ3n) is 2.97. The summed E-state index contributed by atoms with van der Waals surface area (Å²) >= 11 is 0. The Balaban J connectivity index is 1.96. The third-order valence-corrected chi connectivity index (χ3v) is 2.97. The second-order valence-corrected chi connectivity index (χ2v) is 4.45. The van der Waals surface area contributed by atoms with Gasteiger partial charge in [0, 0.05) is 17.1 Å². The van der Waals surface area contributed by atoms with Crippen LogP contribution in [0.4, 0.5) is 16.0 Å². The largest absolute Gasteiger partial charge is 0.322 e. The molecule has 1 aromatic heterocycles. The molecule has 0 saturated heterocycles. The lowest BCUT2D eigenvalue weighted by molar-refractivity contribution is 0.631. The molecule has 1 heterocycles. The van der Waals surface area contributed by atoms with Gasteiger partial charge in [-0.1, -0.05) is 18.1 Å². The maximum atomic E-state index is 13.6. The Kier molecular flexibility index (Phi) is 3.48. The molecule has 0 radical (unpaired) electrons. The first-order chi connectivity index (χ1) is 10.3. The number of hydrogen-bond acceptors (Lipinski definition) is 3. The van der Waals surface area contributed by atoms with E-state index in [9.17, 15) is 4.39 Å². The Labute approximate surface area is 121 Å². The lowest BCUT2D eigenvalue weighted by Crippen LogP contribution is -1.99. The van der Waals surface area contributed by atoms with Crippen LogP contribution in [0.5, 0.6) is 0 Å². The van der Waals surface area contributed by atoms with Crippen LogP contribution >= 0.6 is 0 Å². The number of hydrogen-bond donors (Lipinski definition) is 1. The minimum atomic E-state index is -0.338. The number of halogens is 1. The molecule has 0 spiro atoms. The predicted octanol–water partition coefficient (Wildman–Crippen LogP) is 3.88. The molecule has 0 amide bonds. The third kappa shape index (κ3) is 2.82. The van der Waals surface area contributed by atoms with E-state index in [1.807, 2.05) is 18.2 Å². The standard InChI is InChI=1S/C17H12FN3/c1-2-5-12-8-9-15-13(10-12)11-19-17(20-15)21-16-7-4-3-6-14(16)18/h3-4,6-11H,1H3,(H,19,20,21). The Morgan fingerprint density at radius 2 is 2.00 bits per heavy atom. The van der Waals surface area contributed by atoms with Crippen molar-refractivity contribution in [3.8, 4) is 11.8 Å². The molecule has 0 atom stereocenters. The topological polar surface area (TPSA) is 37.8 Å². The molecule has 0 aliphatic rings. The first-order valence-corrected chi connectivity index (χ1v) is 6.47. The normalized spacial score (nSPS) is 10.0. The van der Waals surface area contributed by atoms with Crippen molar-refractivity contribution in [1.29, 1.82) is 0 Å². The quantitative estimate of drug-likeness (QED) is 0.722. The summed E-state index contributed by atoms with van der Waals surface area (Å²) in [6.45, 7) is 1.79. The summed E-state index contributed by atoms with van der Waals surface area (Å²) in [6, 6.07) is 12.1. The van der Waals surface area contributed by atoms with Crippen LogP contribution in [0.3, 0.4) is 0 Å². The maximum Gasteiger partial charge on any atom is 0.227 e. The van der Waals surface area contributed by atoms with Crippen LogP contribution in [-0.4, -0.2) is 9.97 Å². The van der Waals surface area contributed by atoms with Crippen molar-refractivity contribution in [2.45, 2.75) is 6.92 Å². The van der Waals surface area contributed by atoms with E-state index in [1.54, 1.807) is 31.3 Å². The Hall–Kier alpha value is -2.93. The highest BCUT2D eigenvalue weighted by molar-refractivity contribution is 5.80. The van der Waals surface area contributed by atoms with Crippen molar-refractivity contribution in [2.24, 2.45) is 0 Å². The maximum absolute atomic E-state index is 13.6. The van der Waals surface area contributed by atoms with Crippen molar-refractivity contribution in [1.82, 2.24) is 9.97 Å². The van der Waals surface area contributed by atoms with Crippen molar-refractivity contribution < 1.29 is 4.39 Å². The summed E-state index contributed by atoms with van der Waals surface area (Å²) in [5, 5.41) is 3.78. The summed E-state index contributed by atoms with van der Waals surface area (Å²) < 4.78 is 13.6. The number of nitrogens with one attached hydrogen (secondary N) is 1. The highest BCUT2D eigenvalue weighted by Gasteiger charge is 2.04. The number of benzene rings is 2. The molecule has 0 saturated carbocycles. The Bertz CT molecular complexity index is 863. The van der Waals surface area contributed by atoms with Crippen LogP contribution in [-0.2, 0) is 0 Å². The van der Waals surface area contributed by atoms with E-state index >= 15 is 0 Å². The lowest BCUT2D eigenvalue weighted by Gasteiger charge is -2.06. The van der Waals surface area contributed by atoms with Gasteiger partial charge in [-0.05, 0) is 37.3 Å². The van der Waals surface area contributed by atoms with E-state index in [2.05, 4.69) is 27.1 Å². The molecule has 3 aromatic rings. The van der Waals surface area contributed by atoms with Gasteiger partial charge in [0.2, 0.25) is 5.95 Å². The van der Waals surface area contributed by atoms with Crippen LogP contribution in [0.2, 0.25) is 0 Å². The van der Waals surface area contributed by atoms with Gasteiger partial charge in [0.1, 0.15) is 5.82 Å². The molecule has 102 valence electrons. The fourth-order valence-corrected chi connectivity index (χ4v) is 2.00. The predicted molar refractivity (Wildman–Crippen MR) is 81.8 cm³/mol. The molecule has 0 aliphatic carbocycles. The van der Waals surface area contributed by atoms with Crippen molar-refractivity contribution in [2.75, 3.05) is 5.32 Å². The number of nitrogens with zero attached hydrogens (tertiary/aromatic N) is 2. The molecular formula is C17H12FN3. The van der Waals surface area contributed by atoms with Crippen LogP contribution in [0, 0.1) is 17.7 Å². The molecule has 21 heavy (non-hydrogen) atoms. The molecule has 1 N–H and O–H groups in total. The molecule has 4 heteroatoms. The number of aromatic nitrogens is 2. The fourth-order valence-electron chi connectivity index (χ4n) is 2.00. The van der Waals surface area contributed by atoms with Crippen molar-refractivity contribution in [3.63, 3.8) is 0 Å². The zero-order valence-corrected chi connectivity index (χ0v) is 11.4. The van der Waals surface area contributed by atoms with Gasteiger partial charge in [-0.2, -0.15) is 0 Å². The minimum absolute atomic E-state index is 0.338. The van der Waals surface area contributed by atoms with Gasteiger partial charge in [0.15, 0.2) is 0 Å². The van der Waals surface area contributed by atoms with Gasteiger partial charge in [0.05, 0.1) is 11.2 Å². The first-order valence-electron chi connectivity index (χ1n) is 6.47. The Morgan fingerprint density at radius 3 is 2.81 bits per heavy atom. The monoisotopic (exact) mass is 277 g/mol. The SMILES string of the molecule is CC#Cc1ccc2nc(Nc3ccccc3F)ncc2c1. The zero-order chi connectivity index (χ0) is 14.7. The van der Waals surface area contributed by atoms with Gasteiger partial charge in [-0.3, -0.25) is 0 Å². The fraction of sp³-hybridized carbons (Fsp3) is 0.0588. The minimum Gasteiger partial charge on any atom is -0.322 e. The highest BCUT2D eigenvalue weighted by atomic mass is 19.1. The van der Waals surface area contributed by atoms with Crippen LogP contribution in [0.1, 0.15) is 12.5 Å². The van der Waals surface area contributed by atoms with E-state index in [4.69, 9.17) is 0 Å².